The van der Waals surface area contributed by atoms with E-state index in [0.29, 0.717) is 22.9 Å². The Morgan fingerprint density at radius 1 is 1.23 bits per heavy atom. The lowest BCUT2D eigenvalue weighted by Crippen LogP contribution is -2.53. The van der Waals surface area contributed by atoms with Gasteiger partial charge in [-0.2, -0.15) is 0 Å². The van der Waals surface area contributed by atoms with Crippen molar-refractivity contribution in [2.75, 3.05) is 20.6 Å². The van der Waals surface area contributed by atoms with E-state index in [4.69, 9.17) is 16.0 Å². The summed E-state index contributed by atoms with van der Waals surface area (Å²) < 4.78 is 5.85. The Kier molecular flexibility index (Phi) is 6.65. The maximum absolute atomic E-state index is 12.8. The van der Waals surface area contributed by atoms with Crippen LogP contribution >= 0.6 is 24.0 Å². The first-order valence-corrected chi connectivity index (χ1v) is 9.37. The van der Waals surface area contributed by atoms with Gasteiger partial charge in [-0.3, -0.25) is 4.79 Å². The first kappa shape index (κ1) is 21.1. The average molecular weight is 399 g/mol. The molecule has 2 aromatic rings. The molecule has 1 saturated carbocycles. The van der Waals surface area contributed by atoms with Crippen LogP contribution in [0.15, 0.2) is 16.5 Å². The van der Waals surface area contributed by atoms with Gasteiger partial charge in [-0.05, 0) is 58.5 Å². The molecule has 1 heterocycles. The Labute approximate surface area is 166 Å². The smallest absolute Gasteiger partial charge is 0.287 e. The van der Waals surface area contributed by atoms with Gasteiger partial charge in [-0.15, -0.1) is 12.4 Å². The third-order valence-corrected chi connectivity index (χ3v) is 6.14. The van der Waals surface area contributed by atoms with Crippen molar-refractivity contribution in [1.82, 2.24) is 10.2 Å². The number of furan rings is 1. The van der Waals surface area contributed by atoms with Crippen molar-refractivity contribution in [2.45, 2.75) is 51.5 Å². The molecule has 3 rings (SSSR count). The third kappa shape index (κ3) is 3.88. The van der Waals surface area contributed by atoms with Gasteiger partial charge in [-0.25, -0.2) is 0 Å². The van der Waals surface area contributed by atoms with Gasteiger partial charge in [-0.1, -0.05) is 30.9 Å². The Bertz CT molecular complexity index is 793. The lowest BCUT2D eigenvalue weighted by atomic mass is 9.80. The summed E-state index contributed by atoms with van der Waals surface area (Å²) in [6.45, 7) is 4.49. The van der Waals surface area contributed by atoms with E-state index in [-0.39, 0.29) is 23.9 Å². The minimum atomic E-state index is -0.144. The zero-order chi connectivity index (χ0) is 18.2. The number of aryl methyl sites for hydroxylation is 2. The van der Waals surface area contributed by atoms with Crippen LogP contribution in [-0.4, -0.2) is 37.0 Å². The van der Waals surface area contributed by atoms with Gasteiger partial charge >= 0.3 is 0 Å². The van der Waals surface area contributed by atoms with Crippen molar-refractivity contribution in [1.29, 1.82) is 0 Å². The predicted octanol–water partition coefficient (Wildman–Crippen LogP) is 5.12. The molecule has 26 heavy (non-hydrogen) atoms. The van der Waals surface area contributed by atoms with Crippen molar-refractivity contribution < 1.29 is 9.21 Å². The molecule has 0 atom stereocenters. The van der Waals surface area contributed by atoms with E-state index >= 15 is 0 Å². The molecule has 1 N–H and O–H groups in total. The predicted molar refractivity (Wildman–Crippen MR) is 110 cm³/mol. The molecule has 0 bridgehead atoms. The van der Waals surface area contributed by atoms with Crippen LogP contribution in [0.25, 0.3) is 11.0 Å². The van der Waals surface area contributed by atoms with E-state index < -0.39 is 0 Å². The van der Waals surface area contributed by atoms with Gasteiger partial charge in [0.25, 0.3) is 5.91 Å². The van der Waals surface area contributed by atoms with E-state index in [9.17, 15) is 4.79 Å². The fourth-order valence-electron chi connectivity index (χ4n) is 3.88. The number of benzene rings is 1. The number of hydrogen-bond donors (Lipinski definition) is 1. The minimum Gasteiger partial charge on any atom is -0.451 e. The van der Waals surface area contributed by atoms with Crippen LogP contribution in [0.4, 0.5) is 0 Å². The van der Waals surface area contributed by atoms with E-state index in [0.717, 1.165) is 29.4 Å². The standard InChI is InChI=1S/C20H27ClN2O2.ClH/c1-13-10-17-15(11-16(13)21)14(2)18(25-17)19(24)22-12-20(23(3)4)8-6-5-7-9-20;/h10-11H,5-9,12H2,1-4H3,(H,22,24);1H. The molecule has 6 heteroatoms. The number of hydrogen-bond acceptors (Lipinski definition) is 3. The number of nitrogens with one attached hydrogen (secondary N) is 1. The molecule has 1 aromatic heterocycles. The zero-order valence-electron chi connectivity index (χ0n) is 15.9. The van der Waals surface area contributed by atoms with Crippen LogP contribution in [-0.2, 0) is 0 Å². The molecule has 4 nitrogen and oxygen atoms in total. The summed E-state index contributed by atoms with van der Waals surface area (Å²) in [7, 11) is 4.21. The topological polar surface area (TPSA) is 45.5 Å². The van der Waals surface area contributed by atoms with Crippen molar-refractivity contribution in [3.05, 3.63) is 34.0 Å². The summed E-state index contributed by atoms with van der Waals surface area (Å²) in [5.41, 5.74) is 2.55. The molecule has 1 fully saturated rings. The fourth-order valence-corrected chi connectivity index (χ4v) is 4.04. The second-order valence-electron chi connectivity index (χ2n) is 7.52. The largest absolute Gasteiger partial charge is 0.451 e. The quantitative estimate of drug-likeness (QED) is 0.776. The highest BCUT2D eigenvalue weighted by molar-refractivity contribution is 6.32. The summed E-state index contributed by atoms with van der Waals surface area (Å²) in [6, 6.07) is 3.77. The number of amides is 1. The third-order valence-electron chi connectivity index (χ3n) is 5.73. The normalized spacial score (nSPS) is 16.5. The minimum absolute atomic E-state index is 0. The highest BCUT2D eigenvalue weighted by Crippen LogP contribution is 2.33. The maximum Gasteiger partial charge on any atom is 0.287 e. The van der Waals surface area contributed by atoms with Gasteiger partial charge in [0.05, 0.1) is 0 Å². The number of halogens is 2. The Balaban J connectivity index is 0.00000243. The number of carbonyl (C=O) groups excluding carboxylic acids is 1. The van der Waals surface area contributed by atoms with E-state index in [1.54, 1.807) is 0 Å². The van der Waals surface area contributed by atoms with Crippen LogP contribution in [0, 0.1) is 13.8 Å². The van der Waals surface area contributed by atoms with Crippen LogP contribution in [0.5, 0.6) is 0 Å². The lowest BCUT2D eigenvalue weighted by Gasteiger charge is -2.43. The molecule has 0 saturated heterocycles. The molecule has 0 radical (unpaired) electrons. The second-order valence-corrected chi connectivity index (χ2v) is 7.92. The molecular weight excluding hydrogens is 371 g/mol. The van der Waals surface area contributed by atoms with Gasteiger partial charge in [0.1, 0.15) is 5.58 Å². The number of fused-ring (bicyclic) bond motifs is 1. The van der Waals surface area contributed by atoms with Crippen LogP contribution in [0.2, 0.25) is 5.02 Å². The average Bonchev–Trinajstić information content (AvgIpc) is 2.90. The molecule has 144 valence electrons. The summed E-state index contributed by atoms with van der Waals surface area (Å²) >= 11 is 6.22. The molecule has 0 aliphatic heterocycles. The summed E-state index contributed by atoms with van der Waals surface area (Å²) in [6.07, 6.45) is 5.96. The number of carbonyl (C=O) groups is 1. The lowest BCUT2D eigenvalue weighted by molar-refractivity contribution is 0.0780. The van der Waals surface area contributed by atoms with Crippen LogP contribution in [0.1, 0.15) is 53.8 Å². The Hall–Kier alpha value is -1.23. The van der Waals surface area contributed by atoms with Crippen molar-refractivity contribution in [3.8, 4) is 0 Å². The SMILES string of the molecule is Cc1cc2oc(C(=O)NCC3(N(C)C)CCCCC3)c(C)c2cc1Cl.Cl. The molecule has 0 spiro atoms. The summed E-state index contributed by atoms with van der Waals surface area (Å²) in [5, 5.41) is 4.71. The summed E-state index contributed by atoms with van der Waals surface area (Å²) in [5.74, 6) is 0.246. The molecule has 1 aliphatic carbocycles. The van der Waals surface area contributed by atoms with Crippen molar-refractivity contribution >= 4 is 40.9 Å². The molecule has 1 amide bonds. The monoisotopic (exact) mass is 398 g/mol. The van der Waals surface area contributed by atoms with E-state index in [1.165, 1.54) is 19.3 Å². The molecular formula is C20H28Cl2N2O2. The second kappa shape index (κ2) is 8.20. The Morgan fingerprint density at radius 2 is 1.88 bits per heavy atom. The molecule has 1 aromatic carbocycles. The zero-order valence-corrected chi connectivity index (χ0v) is 17.5. The number of rotatable bonds is 4. The van der Waals surface area contributed by atoms with E-state index in [2.05, 4.69) is 24.3 Å². The van der Waals surface area contributed by atoms with Crippen LogP contribution in [0.3, 0.4) is 0 Å². The molecule has 0 unspecified atom stereocenters. The maximum atomic E-state index is 12.8. The van der Waals surface area contributed by atoms with Crippen LogP contribution < -0.4 is 5.32 Å². The summed E-state index contributed by atoms with van der Waals surface area (Å²) in [4.78, 5) is 15.0. The van der Waals surface area contributed by atoms with Gasteiger partial charge in [0.2, 0.25) is 0 Å². The number of nitrogens with zero attached hydrogens (tertiary/aromatic N) is 1. The van der Waals surface area contributed by atoms with Crippen molar-refractivity contribution in [2.24, 2.45) is 0 Å². The highest BCUT2D eigenvalue weighted by Gasteiger charge is 2.35. The van der Waals surface area contributed by atoms with Gasteiger partial charge in [0.15, 0.2) is 5.76 Å². The highest BCUT2D eigenvalue weighted by atomic mass is 35.5. The van der Waals surface area contributed by atoms with Gasteiger partial charge in [0, 0.05) is 28.1 Å². The van der Waals surface area contributed by atoms with Crippen molar-refractivity contribution in [3.63, 3.8) is 0 Å². The fraction of sp³-hybridized carbons (Fsp3) is 0.550. The number of likely N-dealkylation sites (N-methyl/N-ethyl adjacent to an activating group) is 1. The first-order valence-electron chi connectivity index (χ1n) is 8.99. The van der Waals surface area contributed by atoms with Gasteiger partial charge < -0.3 is 14.6 Å². The van der Waals surface area contributed by atoms with E-state index in [1.807, 2.05) is 26.0 Å². The Morgan fingerprint density at radius 3 is 2.50 bits per heavy atom. The molecule has 1 aliphatic rings. The first-order chi connectivity index (χ1) is 11.8.